The fourth-order valence-corrected chi connectivity index (χ4v) is 5.05. The largest absolute Gasteiger partial charge is 0.457 e. The molecule has 0 radical (unpaired) electrons. The Balaban J connectivity index is 0.000000227. The van der Waals surface area contributed by atoms with Crippen molar-refractivity contribution in [2.24, 2.45) is 0 Å². The van der Waals surface area contributed by atoms with E-state index >= 15 is 0 Å². The molecule has 0 unspecified atom stereocenters. The van der Waals surface area contributed by atoms with Gasteiger partial charge in [-0.2, -0.15) is 0 Å². The van der Waals surface area contributed by atoms with Crippen LogP contribution >= 0.6 is 0 Å². The fourth-order valence-electron chi connectivity index (χ4n) is 5.05. The quantitative estimate of drug-likeness (QED) is 0.0982. The molecule has 0 aromatic heterocycles. The summed E-state index contributed by atoms with van der Waals surface area (Å²) in [4.78, 5) is 12.0. The van der Waals surface area contributed by atoms with Gasteiger partial charge in [-0.05, 0) is 109 Å². The molecule has 8 N–H and O–H groups in total. The summed E-state index contributed by atoms with van der Waals surface area (Å²) in [7, 11) is 0. The Morgan fingerprint density at radius 2 is 0.745 bits per heavy atom. The molecule has 0 aliphatic carbocycles. The number of hydrogen-bond donors (Lipinski definition) is 4. The highest BCUT2D eigenvalue weighted by molar-refractivity contribution is 6.09. The second-order valence-corrected chi connectivity index (χ2v) is 11.5. The number of ketones is 1. The van der Waals surface area contributed by atoms with Gasteiger partial charge >= 0.3 is 0 Å². The van der Waals surface area contributed by atoms with Gasteiger partial charge in [-0.15, -0.1) is 0 Å². The number of anilines is 4. The Labute approximate surface area is 275 Å². The molecule has 7 heteroatoms. The number of rotatable bonds is 8. The summed E-state index contributed by atoms with van der Waals surface area (Å²) in [5, 5.41) is 0. The summed E-state index contributed by atoms with van der Waals surface area (Å²) in [6.45, 7) is 4.34. The zero-order valence-corrected chi connectivity index (χ0v) is 26.4. The lowest BCUT2D eigenvalue weighted by atomic mass is 9.77. The van der Waals surface area contributed by atoms with E-state index in [1.165, 1.54) is 0 Å². The number of carbonyl (C=O) groups excluding carboxylic acids is 1. The third-order valence-corrected chi connectivity index (χ3v) is 7.68. The van der Waals surface area contributed by atoms with E-state index in [1.54, 1.807) is 48.5 Å². The molecular formula is C40H38N4O3. The van der Waals surface area contributed by atoms with Crippen LogP contribution in [0.4, 0.5) is 22.7 Å². The lowest BCUT2D eigenvalue weighted by Gasteiger charge is -2.30. The SMILES string of the molecule is CC(C)(c1ccccc1Oc1ccc(N)cc1)c1ccccc1Oc1ccc(N)cc1.Nc1ccc(C(=O)c2ccc(N)cc2)cc1. The highest BCUT2D eigenvalue weighted by Crippen LogP contribution is 2.43. The Morgan fingerprint density at radius 3 is 1.09 bits per heavy atom. The van der Waals surface area contributed by atoms with Gasteiger partial charge in [0, 0.05) is 50.4 Å². The van der Waals surface area contributed by atoms with Gasteiger partial charge in [0.05, 0.1) is 0 Å². The molecule has 0 aliphatic heterocycles. The maximum atomic E-state index is 12.0. The van der Waals surface area contributed by atoms with E-state index in [-0.39, 0.29) is 11.2 Å². The molecule has 236 valence electrons. The van der Waals surface area contributed by atoms with Crippen LogP contribution in [-0.4, -0.2) is 5.78 Å². The fraction of sp³-hybridized carbons (Fsp3) is 0.0750. The van der Waals surface area contributed by atoms with Crippen molar-refractivity contribution in [3.8, 4) is 23.0 Å². The molecule has 47 heavy (non-hydrogen) atoms. The van der Waals surface area contributed by atoms with Crippen LogP contribution in [0, 0.1) is 0 Å². The number of nitrogens with two attached hydrogens (primary N) is 4. The summed E-state index contributed by atoms with van der Waals surface area (Å²) in [5.41, 5.74) is 28.4. The van der Waals surface area contributed by atoms with Crippen LogP contribution in [0.5, 0.6) is 23.0 Å². The van der Waals surface area contributed by atoms with Gasteiger partial charge in [0.2, 0.25) is 0 Å². The first-order valence-electron chi connectivity index (χ1n) is 15.1. The zero-order chi connectivity index (χ0) is 33.4. The number of benzene rings is 6. The number of para-hydroxylation sites is 2. The van der Waals surface area contributed by atoms with Crippen molar-refractivity contribution in [1.82, 2.24) is 0 Å². The molecule has 0 fully saturated rings. The van der Waals surface area contributed by atoms with E-state index < -0.39 is 0 Å². The molecule has 0 bridgehead atoms. The minimum atomic E-state index is -0.380. The minimum Gasteiger partial charge on any atom is -0.457 e. The van der Waals surface area contributed by atoms with Crippen LogP contribution in [0.25, 0.3) is 0 Å². The minimum absolute atomic E-state index is 0.0278. The van der Waals surface area contributed by atoms with Gasteiger partial charge in [-0.3, -0.25) is 4.79 Å². The Bertz CT molecular complexity index is 1790. The van der Waals surface area contributed by atoms with Gasteiger partial charge in [0.15, 0.2) is 5.78 Å². The van der Waals surface area contributed by atoms with E-state index in [0.29, 0.717) is 33.9 Å². The summed E-state index contributed by atoms with van der Waals surface area (Å²) in [6.07, 6.45) is 0. The van der Waals surface area contributed by atoms with Gasteiger partial charge in [0.1, 0.15) is 23.0 Å². The van der Waals surface area contributed by atoms with Gasteiger partial charge in [-0.25, -0.2) is 0 Å². The number of nitrogen functional groups attached to an aromatic ring is 4. The van der Waals surface area contributed by atoms with Gasteiger partial charge < -0.3 is 32.4 Å². The van der Waals surface area contributed by atoms with Crippen molar-refractivity contribution >= 4 is 28.5 Å². The molecular weight excluding hydrogens is 584 g/mol. The molecule has 6 aromatic rings. The Kier molecular flexibility index (Phi) is 9.77. The topological polar surface area (TPSA) is 140 Å². The first-order chi connectivity index (χ1) is 22.6. The van der Waals surface area contributed by atoms with Gasteiger partial charge in [-0.1, -0.05) is 50.2 Å². The third kappa shape index (κ3) is 8.09. The molecule has 6 rings (SSSR count). The van der Waals surface area contributed by atoms with E-state index in [4.69, 9.17) is 32.4 Å². The van der Waals surface area contributed by atoms with Crippen LogP contribution in [0.15, 0.2) is 146 Å². The van der Waals surface area contributed by atoms with Gasteiger partial charge in [0.25, 0.3) is 0 Å². The van der Waals surface area contributed by atoms with E-state index in [2.05, 4.69) is 26.0 Å². The van der Waals surface area contributed by atoms with Crippen molar-refractivity contribution in [2.45, 2.75) is 19.3 Å². The smallest absolute Gasteiger partial charge is 0.193 e. The highest BCUT2D eigenvalue weighted by Gasteiger charge is 2.30. The second-order valence-electron chi connectivity index (χ2n) is 11.5. The van der Waals surface area contributed by atoms with Crippen LogP contribution in [0.1, 0.15) is 40.9 Å². The summed E-state index contributed by atoms with van der Waals surface area (Å²) < 4.78 is 12.5. The van der Waals surface area contributed by atoms with Crippen molar-refractivity contribution < 1.29 is 14.3 Å². The number of hydrogen-bond acceptors (Lipinski definition) is 7. The lowest BCUT2D eigenvalue weighted by Crippen LogP contribution is -2.20. The summed E-state index contributed by atoms with van der Waals surface area (Å²) in [6, 6.07) is 44.7. The van der Waals surface area contributed by atoms with E-state index in [1.807, 2.05) is 84.9 Å². The van der Waals surface area contributed by atoms with Crippen LogP contribution in [-0.2, 0) is 5.41 Å². The molecule has 0 saturated carbocycles. The van der Waals surface area contributed by atoms with Crippen LogP contribution in [0.2, 0.25) is 0 Å². The average molecular weight is 623 g/mol. The van der Waals surface area contributed by atoms with Crippen molar-refractivity contribution in [3.05, 3.63) is 168 Å². The Hall–Kier alpha value is -6.21. The normalized spacial score (nSPS) is 10.8. The van der Waals surface area contributed by atoms with Crippen LogP contribution in [0.3, 0.4) is 0 Å². The molecule has 6 aromatic carbocycles. The Morgan fingerprint density at radius 1 is 0.447 bits per heavy atom. The monoisotopic (exact) mass is 622 g/mol. The maximum Gasteiger partial charge on any atom is 0.193 e. The molecule has 0 aliphatic rings. The van der Waals surface area contributed by atoms with Crippen molar-refractivity contribution in [1.29, 1.82) is 0 Å². The molecule has 0 amide bonds. The third-order valence-electron chi connectivity index (χ3n) is 7.68. The second kappa shape index (κ2) is 14.3. The standard InChI is InChI=1S/C27H26N2O2.C13H12N2O/c1-27(2,23-7-3-5-9-25(23)30-21-15-11-19(28)12-16-21)24-8-4-6-10-26(24)31-22-17-13-20(29)14-18-22;14-11-5-1-9(2-6-11)13(16)10-3-7-12(15)8-4-10/h3-18H,28-29H2,1-2H3;1-8H,14-15H2. The highest BCUT2D eigenvalue weighted by atomic mass is 16.5. The van der Waals surface area contributed by atoms with Crippen molar-refractivity contribution in [3.63, 3.8) is 0 Å². The molecule has 0 saturated heterocycles. The number of carbonyl (C=O) groups is 1. The molecule has 0 atom stereocenters. The molecule has 7 nitrogen and oxygen atoms in total. The average Bonchev–Trinajstić information content (AvgIpc) is 3.08. The predicted octanol–water partition coefficient (Wildman–Crippen LogP) is 8.84. The summed E-state index contributed by atoms with van der Waals surface area (Å²) >= 11 is 0. The van der Waals surface area contributed by atoms with Crippen LogP contribution < -0.4 is 32.4 Å². The summed E-state index contributed by atoms with van der Waals surface area (Å²) in [5.74, 6) is 3.03. The zero-order valence-electron chi connectivity index (χ0n) is 26.4. The first-order valence-corrected chi connectivity index (χ1v) is 15.1. The predicted molar refractivity (Wildman–Crippen MR) is 192 cm³/mol. The lowest BCUT2D eigenvalue weighted by molar-refractivity contribution is 0.103. The van der Waals surface area contributed by atoms with E-state index in [9.17, 15) is 4.79 Å². The molecule has 0 spiro atoms. The van der Waals surface area contributed by atoms with Crippen molar-refractivity contribution in [2.75, 3.05) is 22.9 Å². The molecule has 0 heterocycles. The number of ether oxygens (including phenoxy) is 2. The maximum absolute atomic E-state index is 12.0. The van der Waals surface area contributed by atoms with E-state index in [0.717, 1.165) is 34.1 Å². The first kappa shape index (κ1) is 32.2.